The summed E-state index contributed by atoms with van der Waals surface area (Å²) in [7, 11) is 0. The van der Waals surface area contributed by atoms with E-state index in [-0.39, 0.29) is 11.3 Å². The Morgan fingerprint density at radius 2 is 2.30 bits per heavy atom. The van der Waals surface area contributed by atoms with E-state index in [2.05, 4.69) is 22.9 Å². The minimum Gasteiger partial charge on any atom is -0.451 e. The van der Waals surface area contributed by atoms with Crippen LogP contribution in [0.2, 0.25) is 0 Å². The summed E-state index contributed by atoms with van der Waals surface area (Å²) in [6, 6.07) is 7.52. The summed E-state index contributed by atoms with van der Waals surface area (Å²) >= 11 is 3.42. The molecule has 2 aromatic rings. The summed E-state index contributed by atoms with van der Waals surface area (Å²) in [6.45, 7) is 4.16. The maximum atomic E-state index is 12.5. The van der Waals surface area contributed by atoms with Gasteiger partial charge in [0.05, 0.1) is 0 Å². The summed E-state index contributed by atoms with van der Waals surface area (Å²) in [5, 5.41) is 0.934. The third-order valence-electron chi connectivity index (χ3n) is 4.03. The molecule has 5 heteroatoms. The maximum absolute atomic E-state index is 12.5. The molecule has 0 radical (unpaired) electrons. The van der Waals surface area contributed by atoms with Crippen molar-refractivity contribution in [1.29, 1.82) is 0 Å². The van der Waals surface area contributed by atoms with Gasteiger partial charge in [0.15, 0.2) is 5.76 Å². The topological polar surface area (TPSA) is 59.5 Å². The van der Waals surface area contributed by atoms with E-state index in [1.807, 2.05) is 23.1 Å². The van der Waals surface area contributed by atoms with Crippen LogP contribution in [-0.2, 0) is 0 Å². The number of amides is 1. The second kappa shape index (κ2) is 4.90. The van der Waals surface area contributed by atoms with Gasteiger partial charge in [-0.15, -0.1) is 0 Å². The van der Waals surface area contributed by atoms with Crippen molar-refractivity contribution in [1.82, 2.24) is 4.90 Å². The molecular weight excluding hydrogens is 320 g/mol. The van der Waals surface area contributed by atoms with Crippen molar-refractivity contribution < 1.29 is 9.21 Å². The highest BCUT2D eigenvalue weighted by atomic mass is 79.9. The van der Waals surface area contributed by atoms with E-state index in [4.69, 9.17) is 10.2 Å². The number of benzene rings is 1. The Hall–Kier alpha value is -1.33. The van der Waals surface area contributed by atoms with E-state index in [1.54, 1.807) is 6.07 Å². The van der Waals surface area contributed by atoms with Crippen molar-refractivity contribution in [2.75, 3.05) is 19.6 Å². The van der Waals surface area contributed by atoms with Crippen LogP contribution >= 0.6 is 15.9 Å². The Bertz CT molecular complexity index is 667. The van der Waals surface area contributed by atoms with Gasteiger partial charge >= 0.3 is 0 Å². The second-order valence-corrected chi connectivity index (χ2v) is 6.70. The Morgan fingerprint density at radius 1 is 1.50 bits per heavy atom. The number of nitrogens with two attached hydrogens (primary N) is 1. The van der Waals surface area contributed by atoms with E-state index in [0.717, 1.165) is 28.4 Å². The number of hydrogen-bond acceptors (Lipinski definition) is 3. The Kier molecular flexibility index (Phi) is 3.34. The molecule has 1 aliphatic heterocycles. The van der Waals surface area contributed by atoms with Crippen LogP contribution in [0, 0.1) is 5.41 Å². The van der Waals surface area contributed by atoms with Crippen molar-refractivity contribution in [3.63, 3.8) is 0 Å². The summed E-state index contributed by atoms with van der Waals surface area (Å²) < 4.78 is 6.63. The Balaban J connectivity index is 1.86. The van der Waals surface area contributed by atoms with Gasteiger partial charge in [-0.2, -0.15) is 0 Å². The van der Waals surface area contributed by atoms with Gasteiger partial charge in [0.25, 0.3) is 5.91 Å². The average Bonchev–Trinajstić information content (AvgIpc) is 3.02. The van der Waals surface area contributed by atoms with Gasteiger partial charge < -0.3 is 15.1 Å². The smallest absolute Gasteiger partial charge is 0.289 e. The lowest BCUT2D eigenvalue weighted by Gasteiger charge is -2.21. The molecule has 4 nitrogen and oxygen atoms in total. The molecule has 1 saturated heterocycles. The van der Waals surface area contributed by atoms with Crippen molar-refractivity contribution in [3.05, 3.63) is 34.5 Å². The minimum absolute atomic E-state index is 0.0324. The number of halogens is 1. The number of carbonyl (C=O) groups excluding carboxylic acids is 1. The predicted molar refractivity (Wildman–Crippen MR) is 81.6 cm³/mol. The Morgan fingerprint density at radius 3 is 3.00 bits per heavy atom. The molecular formula is C15H17BrN2O2. The van der Waals surface area contributed by atoms with Gasteiger partial charge in [0.2, 0.25) is 0 Å². The highest BCUT2D eigenvalue weighted by molar-refractivity contribution is 9.10. The quantitative estimate of drug-likeness (QED) is 0.916. The molecule has 2 N–H and O–H groups in total. The largest absolute Gasteiger partial charge is 0.451 e. The van der Waals surface area contributed by atoms with Crippen LogP contribution < -0.4 is 5.73 Å². The van der Waals surface area contributed by atoms with Crippen molar-refractivity contribution >= 4 is 32.8 Å². The molecule has 1 aromatic carbocycles. The molecule has 0 spiro atoms. The lowest BCUT2D eigenvalue weighted by Crippen LogP contribution is -2.34. The third-order valence-corrected chi connectivity index (χ3v) is 4.52. The number of fused-ring (bicyclic) bond motifs is 1. The standard InChI is InChI=1S/C15H17BrN2O2/c1-15(8-17)4-5-18(9-15)14(19)13-7-10-6-11(16)2-3-12(10)20-13/h2-3,6-7H,4-5,8-9,17H2,1H3. The van der Waals surface area contributed by atoms with Gasteiger partial charge in [-0.1, -0.05) is 22.9 Å². The van der Waals surface area contributed by atoms with Crippen LogP contribution in [0.25, 0.3) is 11.0 Å². The van der Waals surface area contributed by atoms with Crippen LogP contribution in [-0.4, -0.2) is 30.4 Å². The van der Waals surface area contributed by atoms with Crippen LogP contribution in [0.15, 0.2) is 33.2 Å². The summed E-state index contributed by atoms with van der Waals surface area (Å²) in [5.41, 5.74) is 6.55. The molecule has 0 bridgehead atoms. The predicted octanol–water partition coefficient (Wildman–Crippen LogP) is 3.01. The van der Waals surface area contributed by atoms with Gasteiger partial charge in [-0.05, 0) is 42.6 Å². The monoisotopic (exact) mass is 336 g/mol. The fourth-order valence-electron chi connectivity index (χ4n) is 2.64. The molecule has 2 heterocycles. The zero-order valence-corrected chi connectivity index (χ0v) is 12.9. The van der Waals surface area contributed by atoms with E-state index < -0.39 is 0 Å². The number of likely N-dealkylation sites (tertiary alicyclic amines) is 1. The third kappa shape index (κ3) is 2.36. The van der Waals surface area contributed by atoms with E-state index in [1.165, 1.54) is 0 Å². The normalized spacial score (nSPS) is 22.6. The van der Waals surface area contributed by atoms with Crippen LogP contribution in [0.1, 0.15) is 23.9 Å². The van der Waals surface area contributed by atoms with Crippen LogP contribution in [0.4, 0.5) is 0 Å². The highest BCUT2D eigenvalue weighted by Gasteiger charge is 2.36. The molecule has 3 rings (SSSR count). The first kappa shape index (κ1) is 13.6. The SMILES string of the molecule is CC1(CN)CCN(C(=O)c2cc3cc(Br)ccc3o2)C1. The molecule has 0 saturated carbocycles. The van der Waals surface area contributed by atoms with E-state index >= 15 is 0 Å². The molecule has 0 aliphatic carbocycles. The van der Waals surface area contributed by atoms with E-state index in [9.17, 15) is 4.79 Å². The molecule has 1 aromatic heterocycles. The highest BCUT2D eigenvalue weighted by Crippen LogP contribution is 2.31. The van der Waals surface area contributed by atoms with Gasteiger partial charge in [-0.25, -0.2) is 0 Å². The van der Waals surface area contributed by atoms with Crippen LogP contribution in [0.3, 0.4) is 0 Å². The zero-order chi connectivity index (χ0) is 14.3. The molecule has 1 aliphatic rings. The second-order valence-electron chi connectivity index (χ2n) is 5.78. The fraction of sp³-hybridized carbons (Fsp3) is 0.400. The fourth-order valence-corrected chi connectivity index (χ4v) is 3.02. The first-order valence-corrected chi connectivity index (χ1v) is 7.48. The van der Waals surface area contributed by atoms with Gasteiger partial charge in [-0.3, -0.25) is 4.79 Å². The van der Waals surface area contributed by atoms with Crippen molar-refractivity contribution in [3.8, 4) is 0 Å². The summed E-state index contributed by atoms with van der Waals surface area (Å²) in [5.74, 6) is 0.355. The number of rotatable bonds is 2. The first-order valence-electron chi connectivity index (χ1n) is 6.69. The number of furan rings is 1. The molecule has 20 heavy (non-hydrogen) atoms. The van der Waals surface area contributed by atoms with Crippen LogP contribution in [0.5, 0.6) is 0 Å². The van der Waals surface area contributed by atoms with Crippen molar-refractivity contribution in [2.24, 2.45) is 11.1 Å². The zero-order valence-electron chi connectivity index (χ0n) is 11.4. The van der Waals surface area contributed by atoms with Crippen molar-refractivity contribution in [2.45, 2.75) is 13.3 Å². The van der Waals surface area contributed by atoms with Gasteiger partial charge in [0, 0.05) is 22.9 Å². The first-order chi connectivity index (χ1) is 9.50. The number of carbonyl (C=O) groups is 1. The van der Waals surface area contributed by atoms with E-state index in [0.29, 0.717) is 18.8 Å². The lowest BCUT2D eigenvalue weighted by atomic mass is 9.90. The molecule has 106 valence electrons. The number of hydrogen-bond donors (Lipinski definition) is 1. The molecule has 1 unspecified atom stereocenters. The Labute approximate surface area is 126 Å². The molecule has 1 atom stereocenters. The summed E-state index contributed by atoms with van der Waals surface area (Å²) in [4.78, 5) is 14.3. The molecule has 1 amide bonds. The van der Waals surface area contributed by atoms with Gasteiger partial charge in [0.1, 0.15) is 5.58 Å². The minimum atomic E-state index is -0.0468. The average molecular weight is 337 g/mol. The number of nitrogens with zero attached hydrogens (tertiary/aromatic N) is 1. The maximum Gasteiger partial charge on any atom is 0.289 e. The summed E-state index contributed by atoms with van der Waals surface area (Å²) in [6.07, 6.45) is 0.945. The molecule has 1 fully saturated rings. The lowest BCUT2D eigenvalue weighted by molar-refractivity contribution is 0.0747.